The molecule has 26 heavy (non-hydrogen) atoms. The molecule has 1 saturated heterocycles. The Labute approximate surface area is 157 Å². The Kier molecular flexibility index (Phi) is 5.57. The van der Waals surface area contributed by atoms with Gasteiger partial charge in [-0.1, -0.05) is 42.5 Å². The van der Waals surface area contributed by atoms with Crippen molar-refractivity contribution in [3.8, 4) is 5.75 Å². The molecule has 4 rings (SSSR count). The quantitative estimate of drug-likeness (QED) is 0.815. The molecule has 2 aromatic rings. The van der Waals surface area contributed by atoms with Crippen LogP contribution in [0.1, 0.15) is 36.3 Å². The normalized spacial score (nSPS) is 23.7. The van der Waals surface area contributed by atoms with Crippen LogP contribution in [0.2, 0.25) is 0 Å². The van der Waals surface area contributed by atoms with Crippen molar-refractivity contribution in [2.45, 2.75) is 37.8 Å². The summed E-state index contributed by atoms with van der Waals surface area (Å²) < 4.78 is 5.89. The molecule has 0 unspecified atom stereocenters. The molecule has 3 heteroatoms. The van der Waals surface area contributed by atoms with Gasteiger partial charge in [-0.15, -0.1) is 0 Å². The molecule has 2 fully saturated rings. The van der Waals surface area contributed by atoms with E-state index < -0.39 is 0 Å². The van der Waals surface area contributed by atoms with Crippen LogP contribution in [0.4, 0.5) is 0 Å². The Bertz CT molecular complexity index is 677. The van der Waals surface area contributed by atoms with Crippen molar-refractivity contribution < 1.29 is 4.74 Å². The molecule has 0 radical (unpaired) electrons. The van der Waals surface area contributed by atoms with Crippen molar-refractivity contribution in [2.24, 2.45) is 5.92 Å². The summed E-state index contributed by atoms with van der Waals surface area (Å²) in [5.74, 6) is 2.50. The lowest BCUT2D eigenvalue weighted by Gasteiger charge is -2.29. The summed E-state index contributed by atoms with van der Waals surface area (Å²) in [4.78, 5) is 2.44. The molecule has 1 saturated carbocycles. The van der Waals surface area contributed by atoms with Crippen molar-refractivity contribution in [1.82, 2.24) is 10.2 Å². The lowest BCUT2D eigenvalue weighted by molar-refractivity contribution is 0.215. The number of piperidine rings is 1. The first-order valence-electron chi connectivity index (χ1n) is 9.96. The van der Waals surface area contributed by atoms with Gasteiger partial charge in [-0.25, -0.2) is 0 Å². The fourth-order valence-electron chi connectivity index (χ4n) is 3.93. The van der Waals surface area contributed by atoms with Gasteiger partial charge in [-0.05, 0) is 75.1 Å². The largest absolute Gasteiger partial charge is 0.489 e. The van der Waals surface area contributed by atoms with E-state index >= 15 is 0 Å². The fourth-order valence-corrected chi connectivity index (χ4v) is 3.93. The molecule has 0 bridgehead atoms. The molecule has 0 spiro atoms. The van der Waals surface area contributed by atoms with E-state index in [2.05, 4.69) is 53.7 Å². The third-order valence-electron chi connectivity index (χ3n) is 5.85. The Morgan fingerprint density at radius 1 is 1.00 bits per heavy atom. The molecule has 0 amide bonds. The van der Waals surface area contributed by atoms with Crippen LogP contribution in [-0.4, -0.2) is 37.6 Å². The van der Waals surface area contributed by atoms with Gasteiger partial charge in [0, 0.05) is 12.0 Å². The Balaban J connectivity index is 1.21. The summed E-state index contributed by atoms with van der Waals surface area (Å²) in [6, 6.07) is 19.7. The van der Waals surface area contributed by atoms with Crippen molar-refractivity contribution in [1.29, 1.82) is 0 Å². The summed E-state index contributed by atoms with van der Waals surface area (Å²) in [5.41, 5.74) is 2.65. The molecule has 138 valence electrons. The van der Waals surface area contributed by atoms with Crippen LogP contribution in [0, 0.1) is 5.92 Å². The predicted octanol–water partition coefficient (Wildman–Crippen LogP) is 4.05. The highest BCUT2D eigenvalue weighted by atomic mass is 16.5. The first kappa shape index (κ1) is 17.6. The molecule has 2 aromatic carbocycles. The summed E-state index contributed by atoms with van der Waals surface area (Å²) in [7, 11) is 2.23. The SMILES string of the molecule is CN1CCC(CN[C@H]2C[C@@H]2c2ccc(OCc3ccccc3)cc2)CC1. The first-order chi connectivity index (χ1) is 12.8. The molecular weight excluding hydrogens is 320 g/mol. The Morgan fingerprint density at radius 2 is 1.73 bits per heavy atom. The number of likely N-dealkylation sites (tertiary alicyclic amines) is 1. The van der Waals surface area contributed by atoms with E-state index in [1.807, 2.05) is 18.2 Å². The maximum absolute atomic E-state index is 5.89. The number of hydrogen-bond acceptors (Lipinski definition) is 3. The minimum absolute atomic E-state index is 0.629. The van der Waals surface area contributed by atoms with Gasteiger partial charge < -0.3 is 15.0 Å². The number of nitrogens with one attached hydrogen (secondary N) is 1. The van der Waals surface area contributed by atoms with E-state index in [1.54, 1.807) is 0 Å². The zero-order chi connectivity index (χ0) is 17.8. The molecule has 3 nitrogen and oxygen atoms in total. The average molecular weight is 351 g/mol. The van der Waals surface area contributed by atoms with Gasteiger partial charge in [0.1, 0.15) is 12.4 Å². The van der Waals surface area contributed by atoms with Crippen molar-refractivity contribution in [2.75, 3.05) is 26.7 Å². The van der Waals surface area contributed by atoms with E-state index in [-0.39, 0.29) is 0 Å². The molecule has 1 aliphatic heterocycles. The lowest BCUT2D eigenvalue weighted by atomic mass is 9.97. The van der Waals surface area contributed by atoms with Crippen LogP contribution in [0.15, 0.2) is 54.6 Å². The average Bonchev–Trinajstić information content (AvgIpc) is 3.47. The van der Waals surface area contributed by atoms with Gasteiger partial charge in [0.05, 0.1) is 0 Å². The van der Waals surface area contributed by atoms with Gasteiger partial charge in [0.15, 0.2) is 0 Å². The maximum atomic E-state index is 5.89. The van der Waals surface area contributed by atoms with E-state index in [4.69, 9.17) is 4.74 Å². The molecule has 1 N–H and O–H groups in total. The number of benzene rings is 2. The van der Waals surface area contributed by atoms with Crippen LogP contribution in [-0.2, 0) is 6.61 Å². The minimum atomic E-state index is 0.629. The molecule has 2 aliphatic rings. The molecule has 1 heterocycles. The third kappa shape index (κ3) is 4.66. The Hall–Kier alpha value is -1.84. The summed E-state index contributed by atoms with van der Waals surface area (Å²) >= 11 is 0. The van der Waals surface area contributed by atoms with Crippen LogP contribution in [0.25, 0.3) is 0 Å². The number of ether oxygens (including phenoxy) is 1. The van der Waals surface area contributed by atoms with Crippen LogP contribution in [0.5, 0.6) is 5.75 Å². The van der Waals surface area contributed by atoms with Crippen molar-refractivity contribution >= 4 is 0 Å². The van der Waals surface area contributed by atoms with Gasteiger partial charge in [-0.2, -0.15) is 0 Å². The predicted molar refractivity (Wildman–Crippen MR) is 107 cm³/mol. The zero-order valence-corrected chi connectivity index (χ0v) is 15.7. The van der Waals surface area contributed by atoms with Gasteiger partial charge in [-0.3, -0.25) is 0 Å². The van der Waals surface area contributed by atoms with Gasteiger partial charge in [0.2, 0.25) is 0 Å². The molecule has 1 aliphatic carbocycles. The summed E-state index contributed by atoms with van der Waals surface area (Å²) in [6.07, 6.45) is 3.96. The second kappa shape index (κ2) is 8.24. The smallest absolute Gasteiger partial charge is 0.119 e. The Morgan fingerprint density at radius 3 is 2.46 bits per heavy atom. The standard InChI is InChI=1S/C23H30N2O/c1-25-13-11-18(12-14-25)16-24-23-15-22(23)20-7-9-21(10-8-20)26-17-19-5-3-2-4-6-19/h2-10,18,22-24H,11-17H2,1H3/t22-,23+/m1/s1. The third-order valence-corrected chi connectivity index (χ3v) is 5.85. The molecule has 2 atom stereocenters. The van der Waals surface area contributed by atoms with E-state index in [9.17, 15) is 0 Å². The van der Waals surface area contributed by atoms with Crippen LogP contribution in [0.3, 0.4) is 0 Å². The van der Waals surface area contributed by atoms with Crippen LogP contribution < -0.4 is 10.1 Å². The highest BCUT2D eigenvalue weighted by Crippen LogP contribution is 2.41. The summed E-state index contributed by atoms with van der Waals surface area (Å²) in [6.45, 7) is 4.33. The molecule has 0 aromatic heterocycles. The monoisotopic (exact) mass is 350 g/mol. The van der Waals surface area contributed by atoms with E-state index in [0.29, 0.717) is 18.6 Å². The van der Waals surface area contributed by atoms with E-state index in [0.717, 1.165) is 11.7 Å². The first-order valence-corrected chi connectivity index (χ1v) is 9.96. The van der Waals surface area contributed by atoms with E-state index in [1.165, 1.54) is 50.0 Å². The minimum Gasteiger partial charge on any atom is -0.489 e. The number of hydrogen-bond donors (Lipinski definition) is 1. The van der Waals surface area contributed by atoms with Gasteiger partial charge >= 0.3 is 0 Å². The topological polar surface area (TPSA) is 24.5 Å². The van der Waals surface area contributed by atoms with Crippen molar-refractivity contribution in [3.05, 3.63) is 65.7 Å². The highest BCUT2D eigenvalue weighted by molar-refractivity contribution is 5.34. The number of rotatable bonds is 7. The fraction of sp³-hybridized carbons (Fsp3) is 0.478. The maximum Gasteiger partial charge on any atom is 0.119 e. The highest BCUT2D eigenvalue weighted by Gasteiger charge is 2.38. The number of nitrogens with zero attached hydrogens (tertiary/aromatic N) is 1. The van der Waals surface area contributed by atoms with Crippen molar-refractivity contribution in [3.63, 3.8) is 0 Å². The second-order valence-electron chi connectivity index (χ2n) is 7.95. The molecular formula is C23H30N2O. The van der Waals surface area contributed by atoms with Gasteiger partial charge in [0.25, 0.3) is 0 Å². The second-order valence-corrected chi connectivity index (χ2v) is 7.95. The van der Waals surface area contributed by atoms with Crippen LogP contribution >= 0.6 is 0 Å². The zero-order valence-electron chi connectivity index (χ0n) is 15.7. The lowest BCUT2D eigenvalue weighted by Crippen LogP contribution is -2.35. The summed E-state index contributed by atoms with van der Waals surface area (Å²) in [5, 5.41) is 3.80.